The minimum atomic E-state index is -1.11. The second kappa shape index (κ2) is 9.37. The smallest absolute Gasteiger partial charge is 0.326 e. The third kappa shape index (κ3) is 4.45. The van der Waals surface area contributed by atoms with Crippen LogP contribution in [0.5, 0.6) is 0 Å². The number of aliphatic carboxylic acids is 1. The number of nitrogens with one attached hydrogen (secondary N) is 1. The highest BCUT2D eigenvalue weighted by Crippen LogP contribution is 2.60. The molecule has 0 aromatic rings. The Labute approximate surface area is 199 Å². The van der Waals surface area contributed by atoms with Gasteiger partial charge in [-0.3, -0.25) is 9.59 Å². The molecule has 2 N–H and O–H groups in total. The first-order valence-electron chi connectivity index (χ1n) is 12.4. The first-order valence-corrected chi connectivity index (χ1v) is 12.4. The molecule has 5 fully saturated rings. The standard InChI is InChI=1S/C24H37NO9/c1-12(2)19(20(28)29)25-17(26)8-9-18(27)30-21-14(4)16-7-6-13(3)15-10-11-23(5)32-22(31-21)24(15,16)34-33-23/h12-16,19,21-22H,6-11H2,1-5H3,(H,25,26)(H,28,29)/t13-,14-,15+,16+,19+,21-,22-,23+,24+/m1/s1. The van der Waals surface area contributed by atoms with Crippen molar-refractivity contribution in [2.45, 2.75) is 103 Å². The first-order chi connectivity index (χ1) is 16.0. The highest BCUT2D eigenvalue weighted by molar-refractivity contribution is 5.85. The van der Waals surface area contributed by atoms with Crippen LogP contribution in [-0.4, -0.2) is 53.0 Å². The van der Waals surface area contributed by atoms with Crippen LogP contribution >= 0.6 is 0 Å². The maximum atomic E-state index is 12.6. The maximum Gasteiger partial charge on any atom is 0.326 e. The van der Waals surface area contributed by atoms with Gasteiger partial charge in [-0.05, 0) is 43.9 Å². The molecule has 9 atom stereocenters. The van der Waals surface area contributed by atoms with Crippen LogP contribution in [0.1, 0.15) is 73.1 Å². The lowest BCUT2D eigenvalue weighted by atomic mass is 9.58. The molecule has 0 aromatic carbocycles. The van der Waals surface area contributed by atoms with Gasteiger partial charge in [0.1, 0.15) is 6.04 Å². The highest BCUT2D eigenvalue weighted by Gasteiger charge is 2.69. The van der Waals surface area contributed by atoms with Crippen LogP contribution in [0.15, 0.2) is 0 Å². The molecule has 5 rings (SSSR count). The number of ether oxygens (including phenoxy) is 3. The molecule has 1 spiro atoms. The normalized spacial score (nSPS) is 41.8. The quantitative estimate of drug-likeness (QED) is 0.415. The maximum absolute atomic E-state index is 12.6. The molecular formula is C24H37NO9. The van der Waals surface area contributed by atoms with Gasteiger partial charge >= 0.3 is 11.9 Å². The van der Waals surface area contributed by atoms with Crippen molar-refractivity contribution in [2.24, 2.45) is 29.6 Å². The summed E-state index contributed by atoms with van der Waals surface area (Å²) in [5, 5.41) is 11.7. The van der Waals surface area contributed by atoms with Crippen molar-refractivity contribution in [3.63, 3.8) is 0 Å². The predicted molar refractivity (Wildman–Crippen MR) is 117 cm³/mol. The van der Waals surface area contributed by atoms with Crippen molar-refractivity contribution in [2.75, 3.05) is 0 Å². The third-order valence-electron chi connectivity index (χ3n) is 8.15. The van der Waals surface area contributed by atoms with E-state index in [9.17, 15) is 19.5 Å². The molecule has 1 aliphatic carbocycles. The van der Waals surface area contributed by atoms with E-state index in [4.69, 9.17) is 24.0 Å². The van der Waals surface area contributed by atoms with Crippen LogP contribution in [-0.2, 0) is 38.4 Å². The van der Waals surface area contributed by atoms with Crippen LogP contribution in [0.2, 0.25) is 0 Å². The number of esters is 1. The van der Waals surface area contributed by atoms with Crippen molar-refractivity contribution in [3.05, 3.63) is 0 Å². The summed E-state index contributed by atoms with van der Waals surface area (Å²) in [5.41, 5.74) is -0.738. The number of rotatable bonds is 7. The molecule has 1 saturated carbocycles. The Morgan fingerprint density at radius 1 is 1.09 bits per heavy atom. The summed E-state index contributed by atoms with van der Waals surface area (Å²) < 4.78 is 18.1. The summed E-state index contributed by atoms with van der Waals surface area (Å²) in [4.78, 5) is 47.9. The lowest BCUT2D eigenvalue weighted by Gasteiger charge is -2.59. The van der Waals surface area contributed by atoms with E-state index < -0.39 is 47.9 Å². The van der Waals surface area contributed by atoms with Crippen LogP contribution in [0.4, 0.5) is 0 Å². The second-order valence-electron chi connectivity index (χ2n) is 10.9. The molecule has 4 heterocycles. The summed E-state index contributed by atoms with van der Waals surface area (Å²) in [6, 6.07) is -1.01. The van der Waals surface area contributed by atoms with Gasteiger partial charge in [-0.1, -0.05) is 27.7 Å². The zero-order valence-electron chi connectivity index (χ0n) is 20.6. The Morgan fingerprint density at radius 3 is 2.50 bits per heavy atom. The monoisotopic (exact) mass is 483 g/mol. The summed E-state index contributed by atoms with van der Waals surface area (Å²) in [6.45, 7) is 9.45. The molecule has 0 aromatic heterocycles. The Kier molecular flexibility index (Phi) is 6.98. The molecule has 10 heteroatoms. The fraction of sp³-hybridized carbons (Fsp3) is 0.875. The van der Waals surface area contributed by atoms with E-state index in [2.05, 4.69) is 12.2 Å². The van der Waals surface area contributed by atoms with E-state index in [1.165, 1.54) is 0 Å². The van der Waals surface area contributed by atoms with E-state index in [-0.39, 0.29) is 36.5 Å². The molecule has 5 aliphatic rings. The fourth-order valence-electron chi connectivity index (χ4n) is 6.17. The van der Waals surface area contributed by atoms with Gasteiger partial charge in [-0.25, -0.2) is 14.6 Å². The topological polar surface area (TPSA) is 130 Å². The molecule has 1 amide bonds. The van der Waals surface area contributed by atoms with Gasteiger partial charge in [-0.15, -0.1) is 0 Å². The van der Waals surface area contributed by atoms with Crippen molar-refractivity contribution in [3.8, 4) is 0 Å². The number of carboxylic acid groups (broad SMARTS) is 1. The van der Waals surface area contributed by atoms with E-state index in [1.54, 1.807) is 13.8 Å². The number of carbonyl (C=O) groups excluding carboxylic acids is 2. The van der Waals surface area contributed by atoms with Crippen molar-refractivity contribution in [1.29, 1.82) is 0 Å². The van der Waals surface area contributed by atoms with Gasteiger partial charge in [0.15, 0.2) is 11.9 Å². The number of carboxylic acids is 1. The zero-order valence-corrected chi connectivity index (χ0v) is 20.6. The van der Waals surface area contributed by atoms with Gasteiger partial charge in [0.05, 0.1) is 6.42 Å². The van der Waals surface area contributed by atoms with Gasteiger partial charge in [0.25, 0.3) is 0 Å². The molecule has 2 bridgehead atoms. The lowest BCUT2D eigenvalue weighted by molar-refractivity contribution is -0.576. The summed E-state index contributed by atoms with van der Waals surface area (Å²) in [5.74, 6) is -2.88. The van der Waals surface area contributed by atoms with E-state index in [0.29, 0.717) is 12.3 Å². The number of carbonyl (C=O) groups is 3. The van der Waals surface area contributed by atoms with Gasteiger partial charge in [0.2, 0.25) is 18.0 Å². The average Bonchev–Trinajstić information content (AvgIpc) is 2.99. The minimum Gasteiger partial charge on any atom is -0.480 e. The average molecular weight is 484 g/mol. The number of fused-ring (bicyclic) bond motifs is 2. The van der Waals surface area contributed by atoms with Gasteiger partial charge in [-0.2, -0.15) is 0 Å². The number of amides is 1. The molecule has 0 radical (unpaired) electrons. The second-order valence-corrected chi connectivity index (χ2v) is 10.9. The van der Waals surface area contributed by atoms with Crippen molar-refractivity contribution < 1.29 is 43.5 Å². The van der Waals surface area contributed by atoms with Crippen molar-refractivity contribution >= 4 is 17.8 Å². The van der Waals surface area contributed by atoms with Crippen LogP contribution in [0.25, 0.3) is 0 Å². The Bertz CT molecular complexity index is 818. The molecular weight excluding hydrogens is 446 g/mol. The molecule has 34 heavy (non-hydrogen) atoms. The van der Waals surface area contributed by atoms with Crippen LogP contribution in [0.3, 0.4) is 0 Å². The third-order valence-corrected chi connectivity index (χ3v) is 8.15. The molecule has 0 unspecified atom stereocenters. The number of hydrogen-bond acceptors (Lipinski definition) is 8. The minimum absolute atomic E-state index is 0.0264. The number of hydrogen-bond donors (Lipinski definition) is 2. The van der Waals surface area contributed by atoms with Crippen LogP contribution < -0.4 is 5.32 Å². The molecule has 192 valence electrons. The van der Waals surface area contributed by atoms with E-state index in [0.717, 1.165) is 19.3 Å². The Balaban J connectivity index is 1.40. The molecule has 10 nitrogen and oxygen atoms in total. The van der Waals surface area contributed by atoms with Crippen LogP contribution in [0, 0.1) is 29.6 Å². The SMILES string of the molecule is CC(C)[C@H](NC(=O)CCC(=O)O[C@@H]1O[C@@H]2O[C@]3(C)CC[C@H]4[C@H](C)CC[C@@H]([C@H]1C)[C@]24OO3)C(=O)O. The van der Waals surface area contributed by atoms with E-state index in [1.807, 2.05) is 13.8 Å². The fourth-order valence-corrected chi connectivity index (χ4v) is 6.17. The predicted octanol–water partition coefficient (Wildman–Crippen LogP) is 2.74. The largest absolute Gasteiger partial charge is 0.480 e. The van der Waals surface area contributed by atoms with E-state index >= 15 is 0 Å². The summed E-state index contributed by atoms with van der Waals surface area (Å²) in [7, 11) is 0. The molecule has 4 saturated heterocycles. The zero-order chi connectivity index (χ0) is 24.8. The Morgan fingerprint density at radius 2 is 1.82 bits per heavy atom. The van der Waals surface area contributed by atoms with Gasteiger partial charge < -0.3 is 24.6 Å². The summed E-state index contributed by atoms with van der Waals surface area (Å²) >= 11 is 0. The first kappa shape index (κ1) is 25.3. The Hall–Kier alpha value is -1.75. The van der Waals surface area contributed by atoms with Gasteiger partial charge in [0, 0.05) is 24.7 Å². The molecule has 4 aliphatic heterocycles. The highest BCUT2D eigenvalue weighted by atomic mass is 17.3. The van der Waals surface area contributed by atoms with Crippen molar-refractivity contribution in [1.82, 2.24) is 5.32 Å². The summed E-state index contributed by atoms with van der Waals surface area (Å²) in [6.07, 6.45) is 1.62. The lowest BCUT2D eigenvalue weighted by Crippen LogP contribution is -2.70.